The number of rotatable bonds is 4. The van der Waals surface area contributed by atoms with Crippen molar-refractivity contribution in [1.29, 1.82) is 0 Å². The molecular formula is C25H37BO2. The van der Waals surface area contributed by atoms with Crippen molar-refractivity contribution < 1.29 is 9.53 Å². The lowest BCUT2D eigenvalue weighted by Crippen LogP contribution is -2.29. The molecular weight excluding hydrogens is 343 g/mol. The van der Waals surface area contributed by atoms with Gasteiger partial charge in [0.05, 0.1) is 5.92 Å². The van der Waals surface area contributed by atoms with Gasteiger partial charge < -0.3 is 4.74 Å². The lowest BCUT2D eigenvalue weighted by atomic mass is 9.70. The molecule has 3 aliphatic carbocycles. The highest BCUT2D eigenvalue weighted by Gasteiger charge is 2.32. The standard InChI is InChI=1S/C25H37BO2/c26-23-14-10-20(11-15-23)21-12-16-24(17-13-21)28-25(27)22-8-6-19(7-9-22)18-4-2-1-3-5-18/h12-13,16-20,22-23H,1-11,14-15,26H2. The first-order valence-corrected chi connectivity index (χ1v) is 12.0. The summed E-state index contributed by atoms with van der Waals surface area (Å²) < 4.78 is 5.76. The molecule has 0 unspecified atom stereocenters. The van der Waals surface area contributed by atoms with Crippen LogP contribution in [0.15, 0.2) is 24.3 Å². The molecule has 3 heteroatoms. The molecule has 0 saturated heterocycles. The molecule has 3 fully saturated rings. The van der Waals surface area contributed by atoms with E-state index in [4.69, 9.17) is 4.74 Å². The molecule has 0 atom stereocenters. The third-order valence-electron chi connectivity index (χ3n) is 8.01. The summed E-state index contributed by atoms with van der Waals surface area (Å²) in [5.41, 5.74) is 1.42. The largest absolute Gasteiger partial charge is 0.426 e. The third kappa shape index (κ3) is 5.02. The highest BCUT2D eigenvalue weighted by atomic mass is 16.5. The van der Waals surface area contributed by atoms with Gasteiger partial charge in [-0.2, -0.15) is 0 Å². The van der Waals surface area contributed by atoms with Crippen LogP contribution in [-0.2, 0) is 4.79 Å². The molecule has 0 aliphatic heterocycles. The predicted octanol–water partition coefficient (Wildman–Crippen LogP) is 6.06. The Kier molecular flexibility index (Phi) is 6.80. The van der Waals surface area contributed by atoms with Crippen molar-refractivity contribution in [3.05, 3.63) is 29.8 Å². The van der Waals surface area contributed by atoms with Gasteiger partial charge in [-0.15, -0.1) is 0 Å². The van der Waals surface area contributed by atoms with Gasteiger partial charge in [-0.05, 0) is 74.0 Å². The summed E-state index contributed by atoms with van der Waals surface area (Å²) >= 11 is 0. The fourth-order valence-corrected chi connectivity index (χ4v) is 6.03. The minimum Gasteiger partial charge on any atom is -0.426 e. The monoisotopic (exact) mass is 380 g/mol. The second kappa shape index (κ2) is 9.50. The fourth-order valence-electron chi connectivity index (χ4n) is 6.03. The number of carbonyl (C=O) groups is 1. The fraction of sp³-hybridized carbons (Fsp3) is 0.720. The van der Waals surface area contributed by atoms with Crippen LogP contribution in [0.3, 0.4) is 0 Å². The van der Waals surface area contributed by atoms with E-state index in [1.54, 1.807) is 0 Å². The van der Waals surface area contributed by atoms with Crippen molar-refractivity contribution in [3.8, 4) is 5.75 Å². The molecule has 0 radical (unpaired) electrons. The van der Waals surface area contributed by atoms with Crippen LogP contribution in [0.4, 0.5) is 0 Å². The van der Waals surface area contributed by atoms with Gasteiger partial charge in [0.1, 0.15) is 13.6 Å². The molecule has 28 heavy (non-hydrogen) atoms. The molecule has 0 heterocycles. The van der Waals surface area contributed by atoms with E-state index in [1.165, 1.54) is 76.2 Å². The van der Waals surface area contributed by atoms with E-state index in [-0.39, 0.29) is 11.9 Å². The van der Waals surface area contributed by atoms with Crippen molar-refractivity contribution in [1.82, 2.24) is 0 Å². The molecule has 0 aromatic heterocycles. The zero-order valence-electron chi connectivity index (χ0n) is 17.7. The molecule has 4 rings (SSSR count). The van der Waals surface area contributed by atoms with Gasteiger partial charge in [-0.1, -0.05) is 62.9 Å². The summed E-state index contributed by atoms with van der Waals surface area (Å²) in [5, 5.41) is 0. The average Bonchev–Trinajstić information content (AvgIpc) is 2.76. The van der Waals surface area contributed by atoms with Crippen LogP contribution in [0.5, 0.6) is 5.75 Å². The Balaban J connectivity index is 1.25. The van der Waals surface area contributed by atoms with Gasteiger partial charge in [0.15, 0.2) is 0 Å². The lowest BCUT2D eigenvalue weighted by molar-refractivity contribution is -0.140. The summed E-state index contributed by atoms with van der Waals surface area (Å²) in [6.45, 7) is 0. The van der Waals surface area contributed by atoms with Crippen LogP contribution in [-0.4, -0.2) is 13.8 Å². The van der Waals surface area contributed by atoms with Crippen LogP contribution in [0.25, 0.3) is 0 Å². The number of ether oxygens (including phenoxy) is 1. The molecule has 3 aliphatic rings. The Morgan fingerprint density at radius 1 is 0.750 bits per heavy atom. The summed E-state index contributed by atoms with van der Waals surface area (Å²) in [5.74, 6) is 4.21. The van der Waals surface area contributed by atoms with E-state index < -0.39 is 0 Å². The van der Waals surface area contributed by atoms with E-state index in [1.807, 2.05) is 12.1 Å². The maximum atomic E-state index is 12.7. The summed E-state index contributed by atoms with van der Waals surface area (Å²) in [6.07, 6.45) is 16.9. The molecule has 0 amide bonds. The SMILES string of the molecule is BC1CCC(c2ccc(OC(=O)C3CCC(C4CCCCC4)CC3)cc2)CC1. The van der Waals surface area contributed by atoms with Crippen LogP contribution in [0, 0.1) is 17.8 Å². The minimum absolute atomic E-state index is 0.00124. The quantitative estimate of drug-likeness (QED) is 0.361. The van der Waals surface area contributed by atoms with Crippen LogP contribution in [0.2, 0.25) is 5.82 Å². The summed E-state index contributed by atoms with van der Waals surface area (Å²) in [7, 11) is 2.36. The second-order valence-electron chi connectivity index (χ2n) is 9.96. The maximum absolute atomic E-state index is 12.7. The van der Waals surface area contributed by atoms with Gasteiger partial charge in [-0.25, -0.2) is 0 Å². The molecule has 2 nitrogen and oxygen atoms in total. The predicted molar refractivity (Wildman–Crippen MR) is 118 cm³/mol. The molecule has 0 spiro atoms. The van der Waals surface area contributed by atoms with Crippen LogP contribution in [0.1, 0.15) is 95.0 Å². The molecule has 3 saturated carbocycles. The van der Waals surface area contributed by atoms with Crippen molar-refractivity contribution in [3.63, 3.8) is 0 Å². The summed E-state index contributed by atoms with van der Waals surface area (Å²) in [6, 6.07) is 8.39. The van der Waals surface area contributed by atoms with Gasteiger partial charge >= 0.3 is 5.97 Å². The number of hydrogen-bond acceptors (Lipinski definition) is 2. The van der Waals surface area contributed by atoms with E-state index in [9.17, 15) is 4.79 Å². The van der Waals surface area contributed by atoms with E-state index in [0.29, 0.717) is 5.92 Å². The van der Waals surface area contributed by atoms with Crippen LogP contribution < -0.4 is 4.74 Å². The van der Waals surface area contributed by atoms with Crippen LogP contribution >= 0.6 is 0 Å². The highest BCUT2D eigenvalue weighted by Crippen LogP contribution is 2.40. The van der Waals surface area contributed by atoms with Crippen molar-refractivity contribution in [2.45, 2.75) is 95.2 Å². The minimum atomic E-state index is 0.00124. The van der Waals surface area contributed by atoms with Crippen molar-refractivity contribution in [2.24, 2.45) is 17.8 Å². The topological polar surface area (TPSA) is 26.3 Å². The van der Waals surface area contributed by atoms with Gasteiger partial charge in [0, 0.05) is 0 Å². The number of carbonyl (C=O) groups excluding carboxylic acids is 1. The summed E-state index contributed by atoms with van der Waals surface area (Å²) in [4.78, 5) is 12.7. The Labute approximate surface area is 172 Å². The number of hydrogen-bond donors (Lipinski definition) is 0. The van der Waals surface area contributed by atoms with Gasteiger partial charge in [-0.3, -0.25) is 4.79 Å². The highest BCUT2D eigenvalue weighted by molar-refractivity contribution is 6.11. The first-order chi connectivity index (χ1) is 13.7. The Bertz CT molecular complexity index is 618. The maximum Gasteiger partial charge on any atom is 0.314 e. The lowest BCUT2D eigenvalue weighted by Gasteiger charge is -2.35. The average molecular weight is 380 g/mol. The smallest absolute Gasteiger partial charge is 0.314 e. The van der Waals surface area contributed by atoms with E-state index in [0.717, 1.165) is 36.2 Å². The van der Waals surface area contributed by atoms with Crippen molar-refractivity contribution >= 4 is 13.8 Å². The van der Waals surface area contributed by atoms with Gasteiger partial charge in [0.25, 0.3) is 0 Å². The van der Waals surface area contributed by atoms with E-state index >= 15 is 0 Å². The Morgan fingerprint density at radius 2 is 1.36 bits per heavy atom. The molecule has 1 aromatic rings. The van der Waals surface area contributed by atoms with Gasteiger partial charge in [0.2, 0.25) is 0 Å². The normalized spacial score (nSPS) is 32.0. The first kappa shape index (κ1) is 20.0. The van der Waals surface area contributed by atoms with Crippen molar-refractivity contribution in [2.75, 3.05) is 0 Å². The molecule has 152 valence electrons. The number of benzene rings is 1. The molecule has 0 N–H and O–H groups in total. The van der Waals surface area contributed by atoms with E-state index in [2.05, 4.69) is 20.0 Å². The zero-order valence-corrected chi connectivity index (χ0v) is 17.7. The Morgan fingerprint density at radius 3 is 2.00 bits per heavy atom. The molecule has 0 bridgehead atoms. The Hall–Kier alpha value is -1.25. The third-order valence-corrected chi connectivity index (χ3v) is 8.01. The number of esters is 1. The zero-order chi connectivity index (χ0) is 19.3. The molecule has 1 aromatic carbocycles. The first-order valence-electron chi connectivity index (χ1n) is 12.0. The second-order valence-corrected chi connectivity index (χ2v) is 9.96.